The molecule has 0 spiro atoms. The van der Waals surface area contributed by atoms with E-state index in [0.717, 1.165) is 71.4 Å². The number of fused-ring (bicyclic) bond motifs is 9. The molecule has 1 saturated carbocycles. The Morgan fingerprint density at radius 2 is 0.844 bits per heavy atom. The van der Waals surface area contributed by atoms with Gasteiger partial charge in [-0.05, 0) is 160 Å². The zero-order valence-corrected chi connectivity index (χ0v) is 53.5. The Bertz CT molecular complexity index is 5360. The molecule has 90 heavy (non-hydrogen) atoms. The molecule has 0 unspecified atom stereocenters. The molecule has 0 N–H and O–H groups in total. The highest BCUT2D eigenvalue weighted by molar-refractivity contribution is 7.91. The number of nitrogens with zero attached hydrogens (tertiary/aromatic N) is 6. The smallest absolute Gasteiger partial charge is 0.236 e. The summed E-state index contributed by atoms with van der Waals surface area (Å²) < 4.78 is 84.6. The summed E-state index contributed by atoms with van der Waals surface area (Å²) in [6.07, 6.45) is 19.0. The van der Waals surface area contributed by atoms with Crippen LogP contribution in [-0.2, 0) is 30.1 Å². The van der Waals surface area contributed by atoms with Crippen molar-refractivity contribution >= 4 is 131 Å². The second-order valence-electron chi connectivity index (χ2n) is 21.9. The van der Waals surface area contributed by atoms with Gasteiger partial charge in [0.15, 0.2) is 16.9 Å². The summed E-state index contributed by atoms with van der Waals surface area (Å²) in [5, 5.41) is 5.72. The van der Waals surface area contributed by atoms with Crippen LogP contribution in [0.15, 0.2) is 209 Å². The lowest BCUT2D eigenvalue weighted by atomic mass is 9.89. The third-order valence-electron chi connectivity index (χ3n) is 15.7. The van der Waals surface area contributed by atoms with E-state index in [1.54, 1.807) is 121 Å². The Kier molecular flexibility index (Phi) is 18.1. The maximum absolute atomic E-state index is 13.5. The quantitative estimate of drug-likeness (QED) is 0.142. The maximum atomic E-state index is 13.5. The number of aromatic nitrogens is 6. The van der Waals surface area contributed by atoms with E-state index >= 15 is 0 Å². The molecule has 0 bridgehead atoms. The fraction of sp³-hybridized carbons (Fsp3) is 0.181. The van der Waals surface area contributed by atoms with Gasteiger partial charge in [-0.1, -0.05) is 157 Å². The SMILES string of the molecule is CCCC#Cc1ccc2c(c1)c1cc(Cl)cnc1n2S(=O)(=O)c1ccccc1.O=S(=O)(c1ccccc1)n1c2ccc(C#CC3=CCCCC3)cc2c2cc(Cl)cnc21.O=S(=O)(c1ccccc1)n1c2ccc(C#CC3CCCCC3)cc2c2cc(Cl)cnc21. The largest absolute Gasteiger partial charge is 0.269 e. The predicted octanol–water partition coefficient (Wildman–Crippen LogP) is 17.2. The van der Waals surface area contributed by atoms with Crippen LogP contribution in [0.2, 0.25) is 15.1 Å². The first-order valence-corrected chi connectivity index (χ1v) is 35.0. The molecule has 2 aliphatic rings. The molecule has 1 fully saturated rings. The highest BCUT2D eigenvalue weighted by atomic mass is 35.5. The maximum Gasteiger partial charge on any atom is 0.269 e. The summed E-state index contributed by atoms with van der Waals surface area (Å²) >= 11 is 18.6. The molecule has 0 atom stereocenters. The number of allylic oxidation sites excluding steroid dienone is 2. The molecule has 12 aromatic rings. The number of rotatable bonds is 7. The Morgan fingerprint density at radius 1 is 0.444 bits per heavy atom. The zero-order valence-electron chi connectivity index (χ0n) is 48.7. The lowest BCUT2D eigenvalue weighted by molar-refractivity contribution is 0.430. The number of halogens is 3. The van der Waals surface area contributed by atoms with Crippen LogP contribution in [0.4, 0.5) is 0 Å². The van der Waals surface area contributed by atoms with Gasteiger partial charge in [0.1, 0.15) is 0 Å². The molecule has 18 heteroatoms. The van der Waals surface area contributed by atoms with E-state index in [9.17, 15) is 25.3 Å². The molecule has 0 aliphatic heterocycles. The summed E-state index contributed by atoms with van der Waals surface area (Å²) in [5.74, 6) is 19.9. The summed E-state index contributed by atoms with van der Waals surface area (Å²) in [7, 11) is -11.5. The van der Waals surface area contributed by atoms with Gasteiger partial charge in [-0.3, -0.25) is 0 Å². The second-order valence-corrected chi connectivity index (χ2v) is 28.6. The minimum Gasteiger partial charge on any atom is -0.236 e. The molecule has 0 saturated heterocycles. The van der Waals surface area contributed by atoms with E-state index in [0.29, 0.717) is 70.6 Å². The number of hydrogen-bond donors (Lipinski definition) is 0. The lowest BCUT2D eigenvalue weighted by Crippen LogP contribution is -2.13. The Labute approximate surface area is 538 Å². The third-order valence-corrected chi connectivity index (χ3v) is 21.5. The van der Waals surface area contributed by atoms with Crippen molar-refractivity contribution in [2.24, 2.45) is 5.92 Å². The number of hydrogen-bond acceptors (Lipinski definition) is 9. The molecule has 450 valence electrons. The van der Waals surface area contributed by atoms with Crippen LogP contribution in [0.3, 0.4) is 0 Å². The molecule has 6 aromatic heterocycles. The number of benzene rings is 6. The first kappa shape index (κ1) is 61.5. The van der Waals surface area contributed by atoms with Crippen molar-refractivity contribution in [1.82, 2.24) is 26.9 Å². The zero-order chi connectivity index (χ0) is 62.6. The van der Waals surface area contributed by atoms with E-state index in [-0.39, 0.29) is 14.7 Å². The third kappa shape index (κ3) is 12.6. The van der Waals surface area contributed by atoms with Crippen LogP contribution >= 0.6 is 34.8 Å². The molecule has 12 nitrogen and oxygen atoms in total. The van der Waals surface area contributed by atoms with Crippen LogP contribution in [-0.4, -0.2) is 52.1 Å². The molecule has 2 aliphatic carbocycles. The average molecular weight is 1300 g/mol. The van der Waals surface area contributed by atoms with Crippen molar-refractivity contribution < 1.29 is 25.3 Å². The van der Waals surface area contributed by atoms with Gasteiger partial charge in [0, 0.05) is 79.9 Å². The van der Waals surface area contributed by atoms with E-state index in [4.69, 9.17) is 34.8 Å². The molecule has 14 rings (SSSR count). The van der Waals surface area contributed by atoms with Crippen LogP contribution in [0.1, 0.15) is 94.2 Å². The molecule has 0 radical (unpaired) electrons. The first-order chi connectivity index (χ1) is 43.6. The van der Waals surface area contributed by atoms with E-state index in [2.05, 4.69) is 63.5 Å². The topological polar surface area (TPSA) is 156 Å². The van der Waals surface area contributed by atoms with Crippen molar-refractivity contribution in [2.75, 3.05) is 0 Å². The van der Waals surface area contributed by atoms with Gasteiger partial charge in [-0.15, -0.1) is 0 Å². The van der Waals surface area contributed by atoms with Crippen LogP contribution in [0.5, 0.6) is 0 Å². The number of pyridine rings is 3. The molecular weight excluding hydrogens is 1250 g/mol. The van der Waals surface area contributed by atoms with Crippen molar-refractivity contribution in [3.63, 3.8) is 0 Å². The summed E-state index contributed by atoms with van der Waals surface area (Å²) in [4.78, 5) is 13.7. The van der Waals surface area contributed by atoms with Crippen LogP contribution < -0.4 is 0 Å². The Hall–Kier alpha value is -8.69. The van der Waals surface area contributed by atoms with Gasteiger partial charge < -0.3 is 0 Å². The minimum absolute atomic E-state index is 0.206. The van der Waals surface area contributed by atoms with Gasteiger partial charge in [0.05, 0.1) is 46.3 Å². The van der Waals surface area contributed by atoms with Crippen molar-refractivity contribution in [1.29, 1.82) is 0 Å². The van der Waals surface area contributed by atoms with Crippen molar-refractivity contribution in [2.45, 2.75) is 92.2 Å². The Balaban J connectivity index is 0.000000131. The number of unbranched alkanes of at least 4 members (excludes halogenated alkanes) is 1. The lowest BCUT2D eigenvalue weighted by Gasteiger charge is -2.15. The monoisotopic (exact) mass is 1300 g/mol. The van der Waals surface area contributed by atoms with E-state index in [1.165, 1.54) is 68.2 Å². The normalized spacial score (nSPS) is 13.7. The van der Waals surface area contributed by atoms with Crippen LogP contribution in [0.25, 0.3) is 65.8 Å². The molecular formula is C72H57Cl3N6O6S3. The summed E-state index contributed by atoms with van der Waals surface area (Å²) in [6.45, 7) is 2.08. The summed E-state index contributed by atoms with van der Waals surface area (Å²) in [5.41, 5.74) is 6.43. The van der Waals surface area contributed by atoms with Gasteiger partial charge in [-0.25, -0.2) is 52.1 Å². The first-order valence-electron chi connectivity index (χ1n) is 29.5. The van der Waals surface area contributed by atoms with Gasteiger partial charge in [0.2, 0.25) is 0 Å². The summed E-state index contributed by atoms with van der Waals surface area (Å²) in [6, 6.07) is 47.1. The van der Waals surface area contributed by atoms with Gasteiger partial charge in [0.25, 0.3) is 30.1 Å². The van der Waals surface area contributed by atoms with Gasteiger partial charge in [-0.2, -0.15) is 0 Å². The molecule has 6 heterocycles. The molecule has 0 amide bonds. The van der Waals surface area contributed by atoms with Gasteiger partial charge >= 0.3 is 0 Å². The van der Waals surface area contributed by atoms with Crippen molar-refractivity contribution in [3.05, 3.63) is 226 Å². The predicted molar refractivity (Wildman–Crippen MR) is 362 cm³/mol. The highest BCUT2D eigenvalue weighted by Gasteiger charge is 2.28. The highest BCUT2D eigenvalue weighted by Crippen LogP contribution is 2.37. The average Bonchev–Trinajstić information content (AvgIpc) is 1.61. The molecule has 6 aromatic carbocycles. The second kappa shape index (κ2) is 26.4. The van der Waals surface area contributed by atoms with E-state index in [1.807, 2.05) is 42.5 Å². The van der Waals surface area contributed by atoms with Crippen molar-refractivity contribution in [3.8, 4) is 35.5 Å². The minimum atomic E-state index is -3.84. The fourth-order valence-electron chi connectivity index (χ4n) is 11.4. The van der Waals surface area contributed by atoms with E-state index < -0.39 is 30.1 Å². The Morgan fingerprint density at radius 3 is 1.23 bits per heavy atom. The fourth-order valence-corrected chi connectivity index (χ4v) is 16.4. The standard InChI is InChI=1S/C25H21ClN2O2S.C25H19ClN2O2S.C22H17ClN2O2S/c2*26-20-16-23-22-15-19(12-11-18-7-3-1-4-8-18)13-14-24(22)28(25(23)27-17-20)31(29,30)21-9-5-2-6-10-21;1-2-3-5-8-16-11-12-21-19(13-16)20-14-17(23)15-24-22(20)25(21)28(26,27)18-9-6-4-7-10-18/h2,5-6,9-10,13-18H,1,3-4,7-8H2;2,5-7,9-10,13-17H,1,3-4,8H2;4,6-7,9-15H,2-3H2,1H3. The van der Waals surface area contributed by atoms with Crippen LogP contribution in [0, 0.1) is 41.4 Å².